The van der Waals surface area contributed by atoms with Gasteiger partial charge in [0.05, 0.1) is 11.9 Å². The van der Waals surface area contributed by atoms with Crippen LogP contribution in [0.1, 0.15) is 30.0 Å². The first-order valence-corrected chi connectivity index (χ1v) is 12.7. The van der Waals surface area contributed by atoms with Crippen molar-refractivity contribution in [1.29, 1.82) is 0 Å². The molecule has 168 valence electrons. The van der Waals surface area contributed by atoms with Crippen molar-refractivity contribution in [3.8, 4) is 0 Å². The second-order valence-electron chi connectivity index (χ2n) is 8.42. The Bertz CT molecular complexity index is 980. The van der Waals surface area contributed by atoms with Crippen molar-refractivity contribution in [1.82, 2.24) is 9.80 Å². The summed E-state index contributed by atoms with van der Waals surface area (Å²) in [5, 5.41) is 0. The molecule has 1 atom stereocenters. The molecule has 1 aliphatic rings. The number of benzene rings is 2. The van der Waals surface area contributed by atoms with Gasteiger partial charge in [0.15, 0.2) is 0 Å². The first kappa shape index (κ1) is 23.3. The fraction of sp³-hybridized carbons (Fsp3) is 0.458. The molecule has 0 aliphatic carbocycles. The van der Waals surface area contributed by atoms with Gasteiger partial charge in [0.1, 0.15) is 6.04 Å². The summed E-state index contributed by atoms with van der Waals surface area (Å²) in [5.74, 6) is -0.119. The molecule has 0 bridgehead atoms. The molecule has 2 aromatic carbocycles. The Kier molecular flexibility index (Phi) is 7.38. The summed E-state index contributed by atoms with van der Waals surface area (Å²) >= 11 is 0. The lowest BCUT2D eigenvalue weighted by Gasteiger charge is -2.39. The normalized spacial score (nSPS) is 16.2. The highest BCUT2D eigenvalue weighted by atomic mass is 32.2. The molecule has 1 unspecified atom stereocenters. The third-order valence-corrected chi connectivity index (χ3v) is 6.89. The molecular formula is C24H33N3O3S. The van der Waals surface area contributed by atoms with Crippen LogP contribution < -0.4 is 4.31 Å². The number of piperazine rings is 1. The second-order valence-corrected chi connectivity index (χ2v) is 10.3. The van der Waals surface area contributed by atoms with Crippen LogP contribution in [0.5, 0.6) is 0 Å². The van der Waals surface area contributed by atoms with E-state index >= 15 is 0 Å². The minimum absolute atomic E-state index is 0.119. The van der Waals surface area contributed by atoms with E-state index in [0.29, 0.717) is 25.2 Å². The highest BCUT2D eigenvalue weighted by molar-refractivity contribution is 7.92. The fourth-order valence-corrected chi connectivity index (χ4v) is 5.49. The molecule has 1 aliphatic heterocycles. The monoisotopic (exact) mass is 443 g/mol. The van der Waals surface area contributed by atoms with Crippen molar-refractivity contribution in [3.05, 3.63) is 65.2 Å². The van der Waals surface area contributed by atoms with Crippen molar-refractivity contribution < 1.29 is 13.2 Å². The van der Waals surface area contributed by atoms with Gasteiger partial charge in [-0.25, -0.2) is 8.42 Å². The minimum Gasteiger partial charge on any atom is -0.338 e. The van der Waals surface area contributed by atoms with Crippen LogP contribution in [0.4, 0.5) is 5.69 Å². The first-order valence-electron chi connectivity index (χ1n) is 10.8. The predicted molar refractivity (Wildman–Crippen MR) is 126 cm³/mol. The number of sulfonamides is 1. The van der Waals surface area contributed by atoms with E-state index in [9.17, 15) is 13.2 Å². The van der Waals surface area contributed by atoms with Crippen LogP contribution in [0.2, 0.25) is 0 Å². The molecule has 0 spiro atoms. The van der Waals surface area contributed by atoms with Gasteiger partial charge in [0.25, 0.3) is 0 Å². The molecule has 1 fully saturated rings. The molecule has 1 saturated heterocycles. The molecule has 31 heavy (non-hydrogen) atoms. The van der Waals surface area contributed by atoms with Gasteiger partial charge in [0.2, 0.25) is 15.9 Å². The summed E-state index contributed by atoms with van der Waals surface area (Å²) in [6.45, 7) is 9.36. The van der Waals surface area contributed by atoms with E-state index in [1.54, 1.807) is 0 Å². The van der Waals surface area contributed by atoms with Crippen molar-refractivity contribution in [3.63, 3.8) is 0 Å². The number of aryl methyl sites for hydroxylation is 2. The smallest absolute Gasteiger partial charge is 0.246 e. The first-order chi connectivity index (χ1) is 14.7. The number of nitrogens with zero attached hydrogens (tertiary/aromatic N) is 3. The maximum atomic E-state index is 13.4. The van der Waals surface area contributed by atoms with Gasteiger partial charge in [-0.2, -0.15) is 0 Å². The van der Waals surface area contributed by atoms with Gasteiger partial charge in [0, 0.05) is 32.7 Å². The lowest BCUT2D eigenvalue weighted by atomic mass is 10.1. The molecule has 1 amide bonds. The van der Waals surface area contributed by atoms with Crippen LogP contribution in [0, 0.1) is 13.8 Å². The van der Waals surface area contributed by atoms with Gasteiger partial charge in [-0.3, -0.25) is 14.0 Å². The SMILES string of the molecule is CCC(C(=O)N1CCN(Cc2ccccc2)CC1)N(c1cc(C)cc(C)c1)S(C)(=O)=O. The largest absolute Gasteiger partial charge is 0.338 e. The Hall–Kier alpha value is -2.38. The van der Waals surface area contributed by atoms with E-state index in [1.807, 2.05) is 62.1 Å². The second kappa shape index (κ2) is 9.83. The number of hydrogen-bond acceptors (Lipinski definition) is 4. The quantitative estimate of drug-likeness (QED) is 0.659. The van der Waals surface area contributed by atoms with Gasteiger partial charge in [-0.05, 0) is 49.1 Å². The van der Waals surface area contributed by atoms with Crippen molar-refractivity contribution in [2.75, 3.05) is 36.7 Å². The van der Waals surface area contributed by atoms with Gasteiger partial charge >= 0.3 is 0 Å². The predicted octanol–water partition coefficient (Wildman–Crippen LogP) is 3.19. The maximum absolute atomic E-state index is 13.4. The highest BCUT2D eigenvalue weighted by Crippen LogP contribution is 2.26. The number of carbonyl (C=O) groups excluding carboxylic acids is 1. The fourth-order valence-electron chi connectivity index (χ4n) is 4.30. The summed E-state index contributed by atoms with van der Waals surface area (Å²) in [7, 11) is -3.62. The van der Waals surface area contributed by atoms with Crippen LogP contribution in [0.15, 0.2) is 48.5 Å². The standard InChI is InChI=1S/C24H33N3O3S/c1-5-23(27(31(4,29)30)22-16-19(2)15-20(3)17-22)24(28)26-13-11-25(12-14-26)18-21-9-7-6-8-10-21/h6-10,15-17,23H,5,11-14,18H2,1-4H3. The molecule has 0 radical (unpaired) electrons. The Balaban J connectivity index is 1.75. The Labute approximate surface area is 186 Å². The van der Waals surface area contributed by atoms with Crippen LogP contribution >= 0.6 is 0 Å². The van der Waals surface area contributed by atoms with Crippen LogP contribution in [0.25, 0.3) is 0 Å². The number of carbonyl (C=O) groups is 1. The van der Waals surface area contributed by atoms with Crippen LogP contribution in [-0.2, 0) is 21.4 Å². The van der Waals surface area contributed by atoms with E-state index in [0.717, 1.165) is 30.8 Å². The molecular weight excluding hydrogens is 410 g/mol. The summed E-state index contributed by atoms with van der Waals surface area (Å²) in [6.07, 6.45) is 1.60. The van der Waals surface area contributed by atoms with Crippen LogP contribution in [0.3, 0.4) is 0 Å². The highest BCUT2D eigenvalue weighted by Gasteiger charge is 2.35. The van der Waals surface area contributed by atoms with Gasteiger partial charge in [-0.1, -0.05) is 43.3 Å². The van der Waals surface area contributed by atoms with Gasteiger partial charge < -0.3 is 4.90 Å². The maximum Gasteiger partial charge on any atom is 0.246 e. The third kappa shape index (κ3) is 5.86. The number of anilines is 1. The Morgan fingerprint density at radius 1 is 1.00 bits per heavy atom. The average Bonchev–Trinajstić information content (AvgIpc) is 2.71. The summed E-state index contributed by atoms with van der Waals surface area (Å²) in [6, 6.07) is 15.2. The van der Waals surface area contributed by atoms with Crippen molar-refractivity contribution >= 4 is 21.6 Å². The summed E-state index contributed by atoms with van der Waals surface area (Å²) < 4.78 is 26.8. The molecule has 2 aromatic rings. The molecule has 6 nitrogen and oxygen atoms in total. The zero-order chi connectivity index (χ0) is 22.6. The van der Waals surface area contributed by atoms with E-state index in [-0.39, 0.29) is 5.91 Å². The van der Waals surface area contributed by atoms with E-state index < -0.39 is 16.1 Å². The number of rotatable bonds is 7. The lowest BCUT2D eigenvalue weighted by molar-refractivity contribution is -0.134. The Morgan fingerprint density at radius 2 is 1.58 bits per heavy atom. The van der Waals surface area contributed by atoms with E-state index in [4.69, 9.17) is 0 Å². The zero-order valence-corrected chi connectivity index (χ0v) is 19.7. The molecule has 3 rings (SSSR count). The zero-order valence-electron chi connectivity index (χ0n) is 18.9. The molecule has 0 aromatic heterocycles. The topological polar surface area (TPSA) is 60.9 Å². The number of amides is 1. The van der Waals surface area contributed by atoms with Crippen LogP contribution in [-0.4, -0.2) is 62.6 Å². The van der Waals surface area contributed by atoms with E-state index in [2.05, 4.69) is 17.0 Å². The molecule has 0 N–H and O–H groups in total. The van der Waals surface area contributed by atoms with Gasteiger partial charge in [-0.15, -0.1) is 0 Å². The summed E-state index contributed by atoms with van der Waals surface area (Å²) in [4.78, 5) is 17.6. The third-order valence-electron chi connectivity index (χ3n) is 5.71. The number of hydrogen-bond donors (Lipinski definition) is 0. The lowest BCUT2D eigenvalue weighted by Crippen LogP contribution is -2.55. The molecule has 1 heterocycles. The molecule has 0 saturated carbocycles. The minimum atomic E-state index is -3.62. The van der Waals surface area contributed by atoms with Crippen molar-refractivity contribution in [2.24, 2.45) is 0 Å². The Morgan fingerprint density at radius 3 is 2.10 bits per heavy atom. The van der Waals surface area contributed by atoms with E-state index in [1.165, 1.54) is 16.1 Å². The average molecular weight is 444 g/mol. The van der Waals surface area contributed by atoms with Crippen molar-refractivity contribution in [2.45, 2.75) is 39.8 Å². The molecule has 7 heteroatoms. The summed E-state index contributed by atoms with van der Waals surface area (Å²) in [5.41, 5.74) is 3.76.